The van der Waals surface area contributed by atoms with Crippen LogP contribution in [0.1, 0.15) is 32.6 Å². The van der Waals surface area contributed by atoms with Gasteiger partial charge in [0, 0.05) is 35.0 Å². The van der Waals surface area contributed by atoms with E-state index in [9.17, 15) is 4.79 Å². The van der Waals surface area contributed by atoms with Crippen LogP contribution < -0.4 is 4.72 Å². The number of nitrogens with one attached hydrogen (secondary N) is 1. The lowest BCUT2D eigenvalue weighted by molar-refractivity contribution is -0.123. The second-order valence-electron chi connectivity index (χ2n) is 6.38. The molecule has 1 amide bonds. The lowest BCUT2D eigenvalue weighted by Crippen LogP contribution is -2.28. The van der Waals surface area contributed by atoms with Crippen molar-refractivity contribution < 1.29 is 4.79 Å². The van der Waals surface area contributed by atoms with Crippen molar-refractivity contribution >= 4 is 17.9 Å². The first-order valence-corrected chi connectivity index (χ1v) is 9.22. The highest BCUT2D eigenvalue weighted by molar-refractivity contribution is 7.98. The molecule has 2 atom stereocenters. The third-order valence-electron chi connectivity index (χ3n) is 5.09. The first kappa shape index (κ1) is 14.3. The number of hydrogen-bond acceptors (Lipinski definition) is 3. The summed E-state index contributed by atoms with van der Waals surface area (Å²) in [5, 5.41) is 0.379. The molecule has 4 rings (SSSR count). The van der Waals surface area contributed by atoms with Gasteiger partial charge in [-0.15, -0.1) is 0 Å². The van der Waals surface area contributed by atoms with E-state index >= 15 is 0 Å². The average molecular weight is 314 g/mol. The zero-order valence-electron chi connectivity index (χ0n) is 12.9. The van der Waals surface area contributed by atoms with Crippen LogP contribution >= 0.6 is 11.9 Å². The van der Waals surface area contributed by atoms with Crippen molar-refractivity contribution in [2.24, 2.45) is 5.92 Å². The van der Waals surface area contributed by atoms with E-state index in [1.54, 1.807) is 0 Å². The molecular weight excluding hydrogens is 292 g/mol. The summed E-state index contributed by atoms with van der Waals surface area (Å²) in [6.07, 6.45) is 16.0. The summed E-state index contributed by atoms with van der Waals surface area (Å²) in [5.41, 5.74) is 3.26. The van der Waals surface area contributed by atoms with Gasteiger partial charge in [0.1, 0.15) is 0 Å². The Morgan fingerprint density at radius 2 is 2.14 bits per heavy atom. The van der Waals surface area contributed by atoms with Crippen LogP contribution in [0, 0.1) is 5.92 Å². The van der Waals surface area contributed by atoms with Crippen molar-refractivity contribution in [2.75, 3.05) is 6.54 Å². The largest absolute Gasteiger partial charge is 0.308 e. The summed E-state index contributed by atoms with van der Waals surface area (Å²) in [7, 11) is 0. The van der Waals surface area contributed by atoms with Crippen molar-refractivity contribution in [1.82, 2.24) is 9.62 Å². The van der Waals surface area contributed by atoms with Crippen LogP contribution in [0.3, 0.4) is 0 Å². The standard InChI is InChI=1S/C18H22N2OS/c1-2-20-15-10-11-16(22-19-12-6-3-4-7-12)13-8-5-9-14(17(13)15)18(20)21/h5,8-13,16,19H,2-4,6-7H2,1H3. The molecule has 1 aliphatic heterocycles. The van der Waals surface area contributed by atoms with Gasteiger partial charge >= 0.3 is 0 Å². The van der Waals surface area contributed by atoms with Crippen molar-refractivity contribution in [3.05, 3.63) is 47.2 Å². The van der Waals surface area contributed by atoms with Crippen molar-refractivity contribution in [3.8, 4) is 0 Å². The Morgan fingerprint density at radius 3 is 2.91 bits per heavy atom. The second kappa shape index (κ2) is 5.74. The molecule has 0 aromatic heterocycles. The van der Waals surface area contributed by atoms with Gasteiger partial charge in [-0.2, -0.15) is 0 Å². The van der Waals surface area contributed by atoms with Crippen LogP contribution in [0.5, 0.6) is 0 Å². The Bertz CT molecular complexity index is 611. The molecule has 2 unspecified atom stereocenters. The Morgan fingerprint density at radius 1 is 1.32 bits per heavy atom. The van der Waals surface area contributed by atoms with Crippen LogP contribution in [-0.4, -0.2) is 28.6 Å². The summed E-state index contributed by atoms with van der Waals surface area (Å²) in [4.78, 5) is 14.4. The normalized spacial score (nSPS) is 30.3. The first-order chi connectivity index (χ1) is 10.8. The molecule has 1 heterocycles. The number of carbonyl (C=O) groups excluding carboxylic acids is 1. The summed E-state index contributed by atoms with van der Waals surface area (Å²) in [6.45, 7) is 2.78. The average Bonchev–Trinajstić information content (AvgIpc) is 3.15. The van der Waals surface area contributed by atoms with Crippen molar-refractivity contribution in [2.45, 2.75) is 43.9 Å². The molecule has 0 spiro atoms. The molecule has 1 N–H and O–H groups in total. The van der Waals surface area contributed by atoms with Gasteiger partial charge in [-0.25, -0.2) is 0 Å². The predicted octanol–water partition coefficient (Wildman–Crippen LogP) is 3.33. The number of rotatable bonds is 4. The van der Waals surface area contributed by atoms with Gasteiger partial charge in [0.05, 0.1) is 0 Å². The third kappa shape index (κ3) is 2.20. The highest BCUT2D eigenvalue weighted by Gasteiger charge is 2.41. The zero-order valence-corrected chi connectivity index (χ0v) is 13.7. The van der Waals surface area contributed by atoms with Gasteiger partial charge in [-0.3, -0.25) is 9.52 Å². The highest BCUT2D eigenvalue weighted by atomic mass is 32.2. The van der Waals surface area contributed by atoms with Crippen LogP contribution in [-0.2, 0) is 4.79 Å². The quantitative estimate of drug-likeness (QED) is 0.808. The van der Waals surface area contributed by atoms with Crippen molar-refractivity contribution in [1.29, 1.82) is 0 Å². The topological polar surface area (TPSA) is 32.3 Å². The number of hydrogen-bond donors (Lipinski definition) is 1. The maximum absolute atomic E-state index is 12.5. The van der Waals surface area contributed by atoms with Gasteiger partial charge in [0.15, 0.2) is 0 Å². The Balaban J connectivity index is 1.55. The molecule has 116 valence electrons. The Hall–Kier alpha value is -1.26. The van der Waals surface area contributed by atoms with Crippen LogP contribution in [0.2, 0.25) is 0 Å². The minimum Gasteiger partial charge on any atom is -0.308 e. The van der Waals surface area contributed by atoms with E-state index < -0.39 is 0 Å². The van der Waals surface area contributed by atoms with Gasteiger partial charge in [-0.1, -0.05) is 43.0 Å². The predicted molar refractivity (Wildman–Crippen MR) is 91.0 cm³/mol. The van der Waals surface area contributed by atoms with E-state index in [-0.39, 0.29) is 5.91 Å². The van der Waals surface area contributed by atoms with Crippen LogP contribution in [0.4, 0.5) is 0 Å². The van der Waals surface area contributed by atoms with E-state index in [4.69, 9.17) is 0 Å². The molecule has 0 aromatic carbocycles. The molecule has 4 aliphatic rings. The van der Waals surface area contributed by atoms with Gasteiger partial charge in [-0.05, 0) is 37.5 Å². The van der Waals surface area contributed by atoms with E-state index in [1.807, 2.05) is 29.8 Å². The number of amides is 1. The fraction of sp³-hybridized carbons (Fsp3) is 0.500. The molecule has 1 saturated carbocycles. The Kier molecular flexibility index (Phi) is 3.74. The summed E-state index contributed by atoms with van der Waals surface area (Å²) in [5.74, 6) is 0.486. The molecule has 0 bridgehead atoms. The molecule has 0 aromatic rings. The molecule has 3 aliphatic carbocycles. The lowest BCUT2D eigenvalue weighted by atomic mass is 9.83. The molecular formula is C18H22N2OS. The highest BCUT2D eigenvalue weighted by Crippen LogP contribution is 2.44. The molecule has 3 nitrogen and oxygen atoms in total. The third-order valence-corrected chi connectivity index (χ3v) is 6.28. The zero-order chi connectivity index (χ0) is 15.1. The van der Waals surface area contributed by atoms with E-state index in [0.717, 1.165) is 17.8 Å². The van der Waals surface area contributed by atoms with E-state index in [2.05, 4.69) is 29.0 Å². The van der Waals surface area contributed by atoms with Gasteiger partial charge in [0.25, 0.3) is 5.91 Å². The van der Waals surface area contributed by atoms with E-state index in [1.165, 1.54) is 31.3 Å². The summed E-state index contributed by atoms with van der Waals surface area (Å²) < 4.78 is 3.66. The fourth-order valence-corrected chi connectivity index (χ4v) is 5.05. The van der Waals surface area contributed by atoms with Crippen LogP contribution in [0.25, 0.3) is 0 Å². The van der Waals surface area contributed by atoms with Gasteiger partial charge < -0.3 is 4.90 Å². The lowest BCUT2D eigenvalue weighted by Gasteiger charge is -2.29. The Labute approximate surface area is 136 Å². The molecule has 0 saturated heterocycles. The minimum absolute atomic E-state index is 0.168. The smallest absolute Gasteiger partial charge is 0.258 e. The van der Waals surface area contributed by atoms with Crippen LogP contribution in [0.15, 0.2) is 47.2 Å². The maximum atomic E-state index is 12.5. The van der Waals surface area contributed by atoms with Gasteiger partial charge in [0.2, 0.25) is 0 Å². The fourth-order valence-electron chi connectivity index (χ4n) is 3.94. The molecule has 22 heavy (non-hydrogen) atoms. The first-order valence-electron chi connectivity index (χ1n) is 8.34. The minimum atomic E-state index is 0.168. The molecule has 4 heteroatoms. The van der Waals surface area contributed by atoms with Crippen molar-refractivity contribution in [3.63, 3.8) is 0 Å². The number of carbonyl (C=O) groups is 1. The van der Waals surface area contributed by atoms with E-state index in [0.29, 0.717) is 17.2 Å². The maximum Gasteiger partial charge on any atom is 0.258 e. The molecule has 0 radical (unpaired) electrons. The SMILES string of the molecule is CCN1C(=O)C2=CC=CC3C2=C1C=CC3SNC1CCCC1. The second-order valence-corrected chi connectivity index (χ2v) is 7.40. The molecule has 1 fully saturated rings. The number of allylic oxidation sites excluding steroid dienone is 4. The number of likely N-dealkylation sites (N-methyl/N-ethyl adjacent to an activating group) is 1. The summed E-state index contributed by atoms with van der Waals surface area (Å²) in [6, 6.07) is 0.661. The summed E-state index contributed by atoms with van der Waals surface area (Å²) >= 11 is 1.84. The monoisotopic (exact) mass is 314 g/mol. The number of nitrogens with zero attached hydrogens (tertiary/aromatic N) is 1.